The molecule has 160 valence electrons. The number of thiazole rings is 1. The second-order valence-corrected chi connectivity index (χ2v) is 7.80. The Morgan fingerprint density at radius 2 is 2.17 bits per heavy atom. The second-order valence-electron chi connectivity index (χ2n) is 6.77. The van der Waals surface area contributed by atoms with E-state index >= 15 is 0 Å². The number of aromatic nitrogens is 1. The predicted octanol–water partition coefficient (Wildman–Crippen LogP) is 4.25. The first-order valence-electron chi connectivity index (χ1n) is 9.63. The third kappa shape index (κ3) is 4.62. The minimum atomic E-state index is -0.356. The van der Waals surface area contributed by atoms with Crippen LogP contribution in [0.4, 0.5) is 4.39 Å². The molecule has 0 amide bonds. The number of esters is 1. The molecule has 0 spiro atoms. The van der Waals surface area contributed by atoms with E-state index in [9.17, 15) is 9.18 Å². The molecule has 1 unspecified atom stereocenters. The fourth-order valence-electron chi connectivity index (χ4n) is 3.03. The van der Waals surface area contributed by atoms with Gasteiger partial charge < -0.3 is 19.8 Å². The van der Waals surface area contributed by atoms with Crippen LogP contribution in [-0.2, 0) is 11.3 Å². The number of rotatable bonds is 6. The Balaban J connectivity index is 1.67. The van der Waals surface area contributed by atoms with Gasteiger partial charge >= 0.3 is 5.97 Å². The summed E-state index contributed by atoms with van der Waals surface area (Å²) in [5, 5.41) is 7.98. The average molecular weight is 433 g/mol. The Morgan fingerprint density at radius 3 is 2.87 bits per heavy atom. The lowest BCUT2D eigenvalue weighted by molar-refractivity contribution is 0.0531. The molecule has 0 fully saturated rings. The third-order valence-corrected chi connectivity index (χ3v) is 5.95. The average Bonchev–Trinajstić information content (AvgIpc) is 3.25. The van der Waals surface area contributed by atoms with Crippen molar-refractivity contribution in [2.75, 3.05) is 13.7 Å². The standard InChI is InChI=1S/C21H25FN4O3S/c1-6-28-20(27)18-12(3)25-19(30-18)13(4)26-21(23-5)24-10-17-11(2)15-9-14(22)7-8-16(15)29-17/h7-9,13H,6,10H2,1-5H3,(H2,23,24,26). The van der Waals surface area contributed by atoms with Gasteiger partial charge in [-0.2, -0.15) is 0 Å². The lowest BCUT2D eigenvalue weighted by atomic mass is 10.1. The van der Waals surface area contributed by atoms with Gasteiger partial charge in [0.15, 0.2) is 5.96 Å². The van der Waals surface area contributed by atoms with E-state index in [4.69, 9.17) is 9.15 Å². The van der Waals surface area contributed by atoms with Crippen LogP contribution in [0.2, 0.25) is 0 Å². The maximum atomic E-state index is 13.5. The van der Waals surface area contributed by atoms with Crippen molar-refractivity contribution in [1.82, 2.24) is 15.6 Å². The van der Waals surface area contributed by atoms with E-state index in [-0.39, 0.29) is 17.8 Å². The molecule has 3 rings (SSSR count). The van der Waals surface area contributed by atoms with Gasteiger partial charge in [-0.3, -0.25) is 4.99 Å². The molecule has 0 radical (unpaired) electrons. The number of fused-ring (bicyclic) bond motifs is 1. The minimum absolute atomic E-state index is 0.172. The van der Waals surface area contributed by atoms with Crippen molar-refractivity contribution in [1.29, 1.82) is 0 Å². The monoisotopic (exact) mass is 432 g/mol. The van der Waals surface area contributed by atoms with Crippen LogP contribution in [0, 0.1) is 19.7 Å². The number of hydrogen-bond acceptors (Lipinski definition) is 6. The van der Waals surface area contributed by atoms with E-state index in [0.717, 1.165) is 16.0 Å². The van der Waals surface area contributed by atoms with Gasteiger partial charge in [-0.15, -0.1) is 11.3 Å². The van der Waals surface area contributed by atoms with E-state index in [1.54, 1.807) is 27.0 Å². The molecule has 0 aliphatic rings. The van der Waals surface area contributed by atoms with Crippen LogP contribution in [-0.4, -0.2) is 30.6 Å². The van der Waals surface area contributed by atoms with Crippen LogP contribution in [0.1, 0.15) is 51.6 Å². The lowest BCUT2D eigenvalue weighted by Gasteiger charge is -2.15. The predicted molar refractivity (Wildman–Crippen MR) is 115 cm³/mol. The highest BCUT2D eigenvalue weighted by Gasteiger charge is 2.20. The Morgan fingerprint density at radius 1 is 1.40 bits per heavy atom. The summed E-state index contributed by atoms with van der Waals surface area (Å²) in [4.78, 5) is 21.3. The molecule has 0 saturated carbocycles. The molecule has 0 saturated heterocycles. The number of carbonyl (C=O) groups excluding carboxylic acids is 1. The van der Waals surface area contributed by atoms with Crippen LogP contribution in [0.25, 0.3) is 11.0 Å². The number of nitrogens with one attached hydrogen (secondary N) is 2. The maximum Gasteiger partial charge on any atom is 0.350 e. The van der Waals surface area contributed by atoms with Crippen molar-refractivity contribution in [3.8, 4) is 0 Å². The molecule has 2 aromatic heterocycles. The molecule has 0 aliphatic carbocycles. The number of halogens is 1. The van der Waals surface area contributed by atoms with Gasteiger partial charge in [-0.1, -0.05) is 0 Å². The van der Waals surface area contributed by atoms with Crippen LogP contribution in [0.3, 0.4) is 0 Å². The Hall–Kier alpha value is -2.94. The molecular formula is C21H25FN4O3S. The summed E-state index contributed by atoms with van der Waals surface area (Å²) in [6, 6.07) is 4.31. The van der Waals surface area contributed by atoms with Crippen molar-refractivity contribution in [3.05, 3.63) is 50.9 Å². The highest BCUT2D eigenvalue weighted by Crippen LogP contribution is 2.26. The summed E-state index contributed by atoms with van der Waals surface area (Å²) in [7, 11) is 1.67. The number of hydrogen-bond donors (Lipinski definition) is 2. The van der Waals surface area contributed by atoms with Gasteiger partial charge in [0.1, 0.15) is 27.0 Å². The van der Waals surface area contributed by atoms with E-state index in [0.29, 0.717) is 41.0 Å². The SMILES string of the molecule is CCOC(=O)c1sc(C(C)NC(=NC)NCc2oc3ccc(F)cc3c2C)nc1C. The molecule has 7 nitrogen and oxygen atoms in total. The molecule has 3 aromatic rings. The van der Waals surface area contributed by atoms with Crippen molar-refractivity contribution in [3.63, 3.8) is 0 Å². The Bertz CT molecular complexity index is 1090. The van der Waals surface area contributed by atoms with E-state index < -0.39 is 0 Å². The van der Waals surface area contributed by atoms with Crippen LogP contribution < -0.4 is 10.6 Å². The van der Waals surface area contributed by atoms with Gasteiger partial charge in [-0.25, -0.2) is 14.2 Å². The van der Waals surface area contributed by atoms with Crippen molar-refractivity contribution >= 4 is 34.2 Å². The number of aryl methyl sites for hydroxylation is 2. The molecule has 1 atom stereocenters. The molecule has 0 bridgehead atoms. The first-order chi connectivity index (χ1) is 14.3. The zero-order chi connectivity index (χ0) is 21.8. The summed E-state index contributed by atoms with van der Waals surface area (Å²) >= 11 is 1.30. The Kier molecular flexibility index (Phi) is 6.71. The highest BCUT2D eigenvalue weighted by atomic mass is 32.1. The quantitative estimate of drug-likeness (QED) is 0.344. The fraction of sp³-hybridized carbons (Fsp3) is 0.381. The normalized spacial score (nSPS) is 12.8. The van der Waals surface area contributed by atoms with Crippen molar-refractivity contribution in [2.45, 2.75) is 40.3 Å². The number of furan rings is 1. The lowest BCUT2D eigenvalue weighted by Crippen LogP contribution is -2.38. The van der Waals surface area contributed by atoms with E-state index in [2.05, 4.69) is 20.6 Å². The van der Waals surface area contributed by atoms with Crippen LogP contribution in [0.15, 0.2) is 27.6 Å². The summed E-state index contributed by atoms with van der Waals surface area (Å²) in [5.41, 5.74) is 2.18. The van der Waals surface area contributed by atoms with Gasteiger partial charge in [0.25, 0.3) is 0 Å². The minimum Gasteiger partial charge on any atom is -0.462 e. The van der Waals surface area contributed by atoms with Gasteiger partial charge in [-0.05, 0) is 45.9 Å². The molecule has 2 heterocycles. The first-order valence-corrected chi connectivity index (χ1v) is 10.4. The highest BCUT2D eigenvalue weighted by molar-refractivity contribution is 7.13. The maximum absolute atomic E-state index is 13.5. The van der Waals surface area contributed by atoms with Gasteiger partial charge in [0, 0.05) is 18.0 Å². The largest absolute Gasteiger partial charge is 0.462 e. The summed E-state index contributed by atoms with van der Waals surface area (Å²) in [6.07, 6.45) is 0. The number of guanidine groups is 1. The number of ether oxygens (including phenoxy) is 1. The topological polar surface area (TPSA) is 88.8 Å². The molecular weight excluding hydrogens is 407 g/mol. The smallest absolute Gasteiger partial charge is 0.350 e. The molecule has 9 heteroatoms. The van der Waals surface area contributed by atoms with Crippen molar-refractivity contribution < 1.29 is 18.3 Å². The summed E-state index contributed by atoms with van der Waals surface area (Å²) < 4.78 is 24.4. The van der Waals surface area contributed by atoms with Gasteiger partial charge in [0.05, 0.1) is 24.9 Å². The van der Waals surface area contributed by atoms with E-state index in [1.807, 2.05) is 13.8 Å². The second kappa shape index (κ2) is 9.25. The van der Waals surface area contributed by atoms with E-state index in [1.165, 1.54) is 23.5 Å². The third-order valence-electron chi connectivity index (χ3n) is 4.63. The zero-order valence-electron chi connectivity index (χ0n) is 17.6. The first kappa shape index (κ1) is 21.8. The molecule has 30 heavy (non-hydrogen) atoms. The van der Waals surface area contributed by atoms with Crippen LogP contribution in [0.5, 0.6) is 0 Å². The molecule has 2 N–H and O–H groups in total. The number of nitrogens with zero attached hydrogens (tertiary/aromatic N) is 2. The summed E-state index contributed by atoms with van der Waals surface area (Å²) in [6.45, 7) is 8.11. The molecule has 0 aliphatic heterocycles. The molecule has 1 aromatic carbocycles. The van der Waals surface area contributed by atoms with Crippen LogP contribution >= 0.6 is 11.3 Å². The zero-order valence-corrected chi connectivity index (χ0v) is 18.4. The Labute approximate surface area is 178 Å². The summed E-state index contributed by atoms with van der Waals surface area (Å²) in [5.74, 6) is 0.614. The van der Waals surface area contributed by atoms with Crippen molar-refractivity contribution in [2.24, 2.45) is 4.99 Å². The van der Waals surface area contributed by atoms with Gasteiger partial charge in [0.2, 0.25) is 0 Å². The number of aliphatic imine (C=N–C) groups is 1. The number of benzene rings is 1. The fourth-order valence-corrected chi connectivity index (χ4v) is 3.99. The number of carbonyl (C=O) groups is 1.